The van der Waals surface area contributed by atoms with Crippen LogP contribution in [0.15, 0.2) is 89.8 Å². The molecule has 3 aromatic carbocycles. The first-order valence-corrected chi connectivity index (χ1v) is 10.0. The standard InChI is InChI=1S/C21H14ClNO3S/c22-17-12-11-16-13-20(21(24)15-7-3-1-4-8-15)23(19(16)14-17)27(25,26)18-9-5-2-6-10-18/h1-14H. The second kappa shape index (κ2) is 6.68. The van der Waals surface area contributed by atoms with Crippen molar-refractivity contribution in [3.63, 3.8) is 0 Å². The van der Waals surface area contributed by atoms with Crippen LogP contribution in [0.1, 0.15) is 16.1 Å². The molecule has 1 heterocycles. The molecular formula is C21H14ClNO3S. The molecule has 0 aliphatic carbocycles. The minimum Gasteiger partial charge on any atom is -0.287 e. The van der Waals surface area contributed by atoms with Crippen molar-refractivity contribution in [2.24, 2.45) is 0 Å². The normalized spacial score (nSPS) is 11.6. The molecule has 0 saturated carbocycles. The van der Waals surface area contributed by atoms with Gasteiger partial charge in [0.15, 0.2) is 0 Å². The third-order valence-corrected chi connectivity index (χ3v) is 6.25. The van der Waals surface area contributed by atoms with Gasteiger partial charge in [-0.2, -0.15) is 0 Å². The molecule has 134 valence electrons. The van der Waals surface area contributed by atoms with Gasteiger partial charge in [0.1, 0.15) is 5.69 Å². The Morgan fingerprint density at radius 3 is 2.11 bits per heavy atom. The molecule has 0 amide bonds. The van der Waals surface area contributed by atoms with Gasteiger partial charge in [-0.05, 0) is 30.3 Å². The SMILES string of the molecule is O=C(c1ccccc1)c1cc2ccc(Cl)cc2n1S(=O)(=O)c1ccccc1. The Balaban J connectivity index is 2.03. The lowest BCUT2D eigenvalue weighted by Crippen LogP contribution is -2.19. The topological polar surface area (TPSA) is 56.1 Å². The van der Waals surface area contributed by atoms with Gasteiger partial charge in [-0.1, -0.05) is 66.2 Å². The summed E-state index contributed by atoms with van der Waals surface area (Å²) in [5.74, 6) is -0.373. The van der Waals surface area contributed by atoms with Crippen molar-refractivity contribution in [2.75, 3.05) is 0 Å². The van der Waals surface area contributed by atoms with E-state index in [0.29, 0.717) is 21.5 Å². The van der Waals surface area contributed by atoms with Crippen LogP contribution in [0.4, 0.5) is 0 Å². The first-order valence-electron chi connectivity index (χ1n) is 8.20. The lowest BCUT2D eigenvalue weighted by molar-refractivity contribution is 0.103. The van der Waals surface area contributed by atoms with Gasteiger partial charge < -0.3 is 0 Å². The minimum absolute atomic E-state index is 0.0716. The smallest absolute Gasteiger partial charge is 0.268 e. The quantitative estimate of drug-likeness (QED) is 0.468. The van der Waals surface area contributed by atoms with Crippen LogP contribution in [0.2, 0.25) is 5.02 Å². The minimum atomic E-state index is -3.99. The van der Waals surface area contributed by atoms with E-state index >= 15 is 0 Å². The Bertz CT molecular complexity index is 1250. The third kappa shape index (κ3) is 3.05. The number of nitrogens with zero attached hydrogens (tertiary/aromatic N) is 1. The number of hydrogen-bond donors (Lipinski definition) is 0. The number of hydrogen-bond acceptors (Lipinski definition) is 3. The first kappa shape index (κ1) is 17.5. The van der Waals surface area contributed by atoms with Crippen LogP contribution < -0.4 is 0 Å². The van der Waals surface area contributed by atoms with Crippen molar-refractivity contribution in [2.45, 2.75) is 4.90 Å². The van der Waals surface area contributed by atoms with E-state index in [1.807, 2.05) is 0 Å². The molecule has 0 saturated heterocycles. The van der Waals surface area contributed by atoms with Gasteiger partial charge in [-0.15, -0.1) is 0 Å². The van der Waals surface area contributed by atoms with Crippen molar-refractivity contribution in [1.29, 1.82) is 0 Å². The molecule has 4 aromatic rings. The molecule has 0 unspecified atom stereocenters. The predicted molar refractivity (Wildman–Crippen MR) is 106 cm³/mol. The molecule has 4 rings (SSSR count). The third-order valence-electron chi connectivity index (χ3n) is 4.27. The number of benzene rings is 3. The Morgan fingerprint density at radius 2 is 1.44 bits per heavy atom. The molecule has 0 aliphatic heterocycles. The summed E-state index contributed by atoms with van der Waals surface area (Å²) >= 11 is 6.10. The number of ketones is 1. The average Bonchev–Trinajstić information content (AvgIpc) is 3.08. The van der Waals surface area contributed by atoms with Crippen LogP contribution in [-0.2, 0) is 10.0 Å². The summed E-state index contributed by atoms with van der Waals surface area (Å²) in [6.45, 7) is 0. The van der Waals surface area contributed by atoms with Crippen LogP contribution >= 0.6 is 11.6 Å². The van der Waals surface area contributed by atoms with Crippen LogP contribution in [0, 0.1) is 0 Å². The highest BCUT2D eigenvalue weighted by Crippen LogP contribution is 2.29. The summed E-state index contributed by atoms with van der Waals surface area (Å²) in [5.41, 5.74) is 0.851. The number of rotatable bonds is 4. The van der Waals surface area contributed by atoms with E-state index in [2.05, 4.69) is 0 Å². The molecule has 6 heteroatoms. The molecule has 4 nitrogen and oxygen atoms in total. The Kier molecular flexibility index (Phi) is 4.34. The summed E-state index contributed by atoms with van der Waals surface area (Å²) in [6, 6.07) is 23.1. The number of carbonyl (C=O) groups is 1. The monoisotopic (exact) mass is 395 g/mol. The molecular weight excluding hydrogens is 382 g/mol. The zero-order valence-electron chi connectivity index (χ0n) is 14.0. The fraction of sp³-hybridized carbons (Fsp3) is 0. The van der Waals surface area contributed by atoms with Crippen molar-refractivity contribution in [1.82, 2.24) is 3.97 Å². The van der Waals surface area contributed by atoms with E-state index in [0.717, 1.165) is 3.97 Å². The van der Waals surface area contributed by atoms with Crippen LogP contribution in [-0.4, -0.2) is 18.2 Å². The maximum absolute atomic E-state index is 13.3. The van der Waals surface area contributed by atoms with Crippen molar-refractivity contribution < 1.29 is 13.2 Å². The van der Waals surface area contributed by atoms with Crippen LogP contribution in [0.5, 0.6) is 0 Å². The maximum atomic E-state index is 13.3. The Morgan fingerprint density at radius 1 is 0.815 bits per heavy atom. The van der Waals surface area contributed by atoms with Crippen molar-refractivity contribution in [3.8, 4) is 0 Å². The zero-order chi connectivity index (χ0) is 19.0. The summed E-state index contributed by atoms with van der Waals surface area (Å²) in [4.78, 5) is 13.2. The summed E-state index contributed by atoms with van der Waals surface area (Å²) in [6.07, 6.45) is 0. The van der Waals surface area contributed by atoms with Crippen LogP contribution in [0.3, 0.4) is 0 Å². The lowest BCUT2D eigenvalue weighted by Gasteiger charge is -2.11. The second-order valence-electron chi connectivity index (χ2n) is 6.01. The molecule has 0 aliphatic rings. The van der Waals surface area contributed by atoms with Gasteiger partial charge in [0, 0.05) is 16.0 Å². The molecule has 0 atom stereocenters. The van der Waals surface area contributed by atoms with E-state index in [4.69, 9.17) is 11.6 Å². The van der Waals surface area contributed by atoms with E-state index in [-0.39, 0.29) is 16.4 Å². The van der Waals surface area contributed by atoms with Gasteiger partial charge in [0.2, 0.25) is 5.78 Å². The van der Waals surface area contributed by atoms with Crippen molar-refractivity contribution >= 4 is 38.3 Å². The van der Waals surface area contributed by atoms with E-state index in [1.54, 1.807) is 72.8 Å². The number of fused-ring (bicyclic) bond motifs is 1. The zero-order valence-corrected chi connectivity index (χ0v) is 15.6. The highest BCUT2D eigenvalue weighted by molar-refractivity contribution is 7.90. The lowest BCUT2D eigenvalue weighted by atomic mass is 10.1. The molecule has 0 spiro atoms. The average molecular weight is 396 g/mol. The fourth-order valence-corrected chi connectivity index (χ4v) is 4.69. The number of carbonyl (C=O) groups excluding carboxylic acids is 1. The van der Waals surface area contributed by atoms with Gasteiger partial charge in [-0.3, -0.25) is 4.79 Å². The molecule has 27 heavy (non-hydrogen) atoms. The Labute approximate surface area is 161 Å². The molecule has 0 radical (unpaired) electrons. The summed E-state index contributed by atoms with van der Waals surface area (Å²) in [5, 5.41) is 1.02. The maximum Gasteiger partial charge on any atom is 0.268 e. The molecule has 0 bridgehead atoms. The van der Waals surface area contributed by atoms with Gasteiger partial charge in [-0.25, -0.2) is 12.4 Å². The fourth-order valence-electron chi connectivity index (χ4n) is 3.00. The number of aromatic nitrogens is 1. The number of halogens is 1. The van der Waals surface area contributed by atoms with Gasteiger partial charge in [0.05, 0.1) is 10.4 Å². The van der Waals surface area contributed by atoms with Gasteiger partial charge >= 0.3 is 0 Å². The van der Waals surface area contributed by atoms with E-state index < -0.39 is 10.0 Å². The van der Waals surface area contributed by atoms with Crippen LogP contribution in [0.25, 0.3) is 10.9 Å². The summed E-state index contributed by atoms with van der Waals surface area (Å²) < 4.78 is 27.8. The highest BCUT2D eigenvalue weighted by atomic mass is 35.5. The molecule has 1 aromatic heterocycles. The van der Waals surface area contributed by atoms with E-state index in [1.165, 1.54) is 12.1 Å². The summed E-state index contributed by atoms with van der Waals surface area (Å²) in [7, 11) is -3.99. The predicted octanol–water partition coefficient (Wildman–Crippen LogP) is 4.76. The van der Waals surface area contributed by atoms with Gasteiger partial charge in [0.25, 0.3) is 10.0 Å². The second-order valence-corrected chi connectivity index (χ2v) is 8.23. The first-order chi connectivity index (χ1) is 13.0. The molecule has 0 fully saturated rings. The van der Waals surface area contributed by atoms with E-state index in [9.17, 15) is 13.2 Å². The highest BCUT2D eigenvalue weighted by Gasteiger charge is 2.27. The largest absolute Gasteiger partial charge is 0.287 e. The Hall–Kier alpha value is -2.89. The molecule has 0 N–H and O–H groups in total. The van der Waals surface area contributed by atoms with Crippen molar-refractivity contribution in [3.05, 3.63) is 101 Å².